The van der Waals surface area contributed by atoms with Crippen molar-refractivity contribution in [3.8, 4) is 0 Å². The van der Waals surface area contributed by atoms with Crippen LogP contribution in [-0.2, 0) is 14.3 Å². The van der Waals surface area contributed by atoms with Gasteiger partial charge in [0.1, 0.15) is 0 Å². The quantitative estimate of drug-likeness (QED) is 0.284. The molecule has 0 atom stereocenters. The number of carbonyl (C=O) groups is 1. The molecular formula is C24H21N3O5S. The smallest absolute Gasteiger partial charge is 0.363 e. The minimum absolute atomic E-state index is 0.0609. The predicted molar refractivity (Wildman–Crippen MR) is 125 cm³/mol. The number of benzene rings is 1. The second kappa shape index (κ2) is 9.13. The highest BCUT2D eigenvalue weighted by Gasteiger charge is 2.29. The summed E-state index contributed by atoms with van der Waals surface area (Å²) in [6, 6.07) is 10.4. The molecule has 9 heteroatoms. The molecule has 2 aliphatic heterocycles. The van der Waals surface area contributed by atoms with Crippen LogP contribution in [0.4, 0.5) is 5.69 Å². The van der Waals surface area contributed by atoms with Crippen molar-refractivity contribution >= 4 is 35.0 Å². The molecule has 0 radical (unpaired) electrons. The van der Waals surface area contributed by atoms with Crippen LogP contribution < -0.4 is 0 Å². The van der Waals surface area contributed by atoms with Gasteiger partial charge >= 0.3 is 5.97 Å². The minimum atomic E-state index is -0.455. The van der Waals surface area contributed by atoms with E-state index in [0.29, 0.717) is 19.1 Å². The van der Waals surface area contributed by atoms with Crippen LogP contribution >= 0.6 is 11.3 Å². The van der Waals surface area contributed by atoms with E-state index in [2.05, 4.69) is 9.89 Å². The first-order valence-corrected chi connectivity index (χ1v) is 11.5. The maximum Gasteiger partial charge on any atom is 0.363 e. The fourth-order valence-electron chi connectivity index (χ4n) is 4.20. The molecule has 1 fully saturated rings. The lowest BCUT2D eigenvalue weighted by Gasteiger charge is -2.31. The van der Waals surface area contributed by atoms with Gasteiger partial charge in [0, 0.05) is 30.9 Å². The number of hydrogen-bond donors (Lipinski definition) is 0. The lowest BCUT2D eigenvalue weighted by Crippen LogP contribution is -2.36. The number of nitro benzene ring substituents is 1. The first-order valence-electron chi connectivity index (χ1n) is 10.7. The van der Waals surface area contributed by atoms with Crippen molar-refractivity contribution < 1.29 is 19.2 Å². The fraction of sp³-hybridized carbons (Fsp3) is 0.250. The molecule has 33 heavy (non-hydrogen) atoms. The van der Waals surface area contributed by atoms with Crippen molar-refractivity contribution in [2.45, 2.75) is 12.8 Å². The van der Waals surface area contributed by atoms with E-state index in [1.807, 2.05) is 35.7 Å². The summed E-state index contributed by atoms with van der Waals surface area (Å²) in [5.74, 6) is -0.122. The average molecular weight is 464 g/mol. The molecule has 5 rings (SSSR count). The van der Waals surface area contributed by atoms with Crippen LogP contribution in [0.3, 0.4) is 0 Å². The molecular weight excluding hydrogens is 442 g/mol. The van der Waals surface area contributed by atoms with E-state index < -0.39 is 5.97 Å². The van der Waals surface area contributed by atoms with Crippen LogP contribution in [-0.4, -0.2) is 48.0 Å². The van der Waals surface area contributed by atoms with E-state index in [0.717, 1.165) is 53.2 Å². The number of non-ortho nitro benzene ring substituents is 1. The number of nitrogens with zero attached hydrogens (tertiary/aromatic N) is 3. The van der Waals surface area contributed by atoms with Crippen molar-refractivity contribution in [2.75, 3.05) is 26.3 Å². The Bertz CT molecular complexity index is 1220. The predicted octanol–water partition coefficient (Wildman–Crippen LogP) is 4.31. The Labute approximate surface area is 194 Å². The summed E-state index contributed by atoms with van der Waals surface area (Å²) in [6.45, 7) is 2.73. The number of ether oxygens (including phenoxy) is 2. The molecule has 0 unspecified atom stereocenters. The van der Waals surface area contributed by atoms with Crippen LogP contribution in [0.1, 0.15) is 23.3 Å². The summed E-state index contributed by atoms with van der Waals surface area (Å²) < 4.78 is 10.9. The highest BCUT2D eigenvalue weighted by atomic mass is 32.1. The first kappa shape index (κ1) is 21.3. The minimum Gasteiger partial charge on any atom is -0.401 e. The zero-order valence-electron chi connectivity index (χ0n) is 17.7. The lowest BCUT2D eigenvalue weighted by atomic mass is 10.1. The van der Waals surface area contributed by atoms with Gasteiger partial charge in [0.05, 0.1) is 23.0 Å². The molecule has 0 amide bonds. The standard InChI is InChI=1S/C24H21N3O5S/c28-24-20(25-23(32-24)21-5-2-12-33-21)15-18-7-6-17(22(18)26-8-10-31-11-9-26)13-16-3-1-4-19(14-16)27(29)30/h1-5,12-15H,6-11H2. The number of esters is 1. The third-order valence-corrected chi connectivity index (χ3v) is 6.54. The second-order valence-electron chi connectivity index (χ2n) is 7.81. The van der Waals surface area contributed by atoms with E-state index in [4.69, 9.17) is 9.47 Å². The third-order valence-electron chi connectivity index (χ3n) is 5.68. The maximum atomic E-state index is 12.5. The molecule has 0 N–H and O–H groups in total. The molecule has 1 aliphatic carbocycles. The normalized spacial score (nSPS) is 21.2. The molecule has 1 saturated heterocycles. The van der Waals surface area contributed by atoms with Crippen LogP contribution in [0.2, 0.25) is 0 Å². The number of allylic oxidation sites excluding steroid dienone is 3. The average Bonchev–Trinajstić information content (AvgIpc) is 3.56. The van der Waals surface area contributed by atoms with Gasteiger partial charge in [0.25, 0.3) is 5.69 Å². The summed E-state index contributed by atoms with van der Waals surface area (Å²) in [4.78, 5) is 30.8. The van der Waals surface area contributed by atoms with Crippen LogP contribution in [0, 0.1) is 10.1 Å². The van der Waals surface area contributed by atoms with E-state index in [9.17, 15) is 14.9 Å². The Morgan fingerprint density at radius 2 is 1.97 bits per heavy atom. The summed E-state index contributed by atoms with van der Waals surface area (Å²) in [5, 5.41) is 13.1. The molecule has 0 bridgehead atoms. The fourth-order valence-corrected chi connectivity index (χ4v) is 4.84. The number of hydrogen-bond acceptors (Lipinski definition) is 8. The van der Waals surface area contributed by atoms with Gasteiger partial charge < -0.3 is 14.4 Å². The molecule has 8 nitrogen and oxygen atoms in total. The molecule has 168 valence electrons. The van der Waals surface area contributed by atoms with Gasteiger partial charge in [-0.2, -0.15) is 0 Å². The summed E-state index contributed by atoms with van der Waals surface area (Å²) >= 11 is 1.47. The van der Waals surface area contributed by atoms with Crippen molar-refractivity contribution in [1.82, 2.24) is 4.90 Å². The van der Waals surface area contributed by atoms with Crippen LogP contribution in [0.15, 0.2) is 75.4 Å². The van der Waals surface area contributed by atoms with Crippen molar-refractivity contribution in [3.63, 3.8) is 0 Å². The van der Waals surface area contributed by atoms with Gasteiger partial charge in [-0.15, -0.1) is 11.3 Å². The van der Waals surface area contributed by atoms with Crippen molar-refractivity contribution in [2.24, 2.45) is 4.99 Å². The lowest BCUT2D eigenvalue weighted by molar-refractivity contribution is -0.384. The van der Waals surface area contributed by atoms with Crippen molar-refractivity contribution in [1.29, 1.82) is 0 Å². The number of rotatable bonds is 5. The van der Waals surface area contributed by atoms with Gasteiger partial charge in [-0.25, -0.2) is 9.79 Å². The Kier molecular flexibility index (Phi) is 5.89. The molecule has 1 aromatic heterocycles. The second-order valence-corrected chi connectivity index (χ2v) is 8.76. The van der Waals surface area contributed by atoms with Crippen molar-refractivity contribution in [3.05, 3.63) is 90.9 Å². The third kappa shape index (κ3) is 4.50. The number of nitro groups is 1. The Balaban J connectivity index is 1.54. The van der Waals surface area contributed by atoms with E-state index in [1.165, 1.54) is 17.4 Å². The van der Waals surface area contributed by atoms with E-state index >= 15 is 0 Å². The zero-order chi connectivity index (χ0) is 22.8. The van der Waals surface area contributed by atoms with Gasteiger partial charge in [0.15, 0.2) is 5.70 Å². The SMILES string of the molecule is O=C1OC(c2cccs2)=NC1=CC1=C(N2CCOCC2)C(=Cc2cccc([N+](=O)[O-])c2)CC1. The summed E-state index contributed by atoms with van der Waals surface area (Å²) in [5.41, 5.74) is 4.26. The molecule has 3 aliphatic rings. The highest BCUT2D eigenvalue weighted by molar-refractivity contribution is 7.12. The molecule has 1 aromatic carbocycles. The molecule has 3 heterocycles. The van der Waals surface area contributed by atoms with Crippen LogP contribution in [0.25, 0.3) is 6.08 Å². The molecule has 2 aromatic rings. The maximum absolute atomic E-state index is 12.5. The highest BCUT2D eigenvalue weighted by Crippen LogP contribution is 2.37. The number of thiophene rings is 1. The molecule has 0 saturated carbocycles. The van der Waals surface area contributed by atoms with E-state index in [1.54, 1.807) is 12.1 Å². The van der Waals surface area contributed by atoms with Gasteiger partial charge in [-0.1, -0.05) is 18.2 Å². The van der Waals surface area contributed by atoms with Crippen LogP contribution in [0.5, 0.6) is 0 Å². The zero-order valence-corrected chi connectivity index (χ0v) is 18.5. The van der Waals surface area contributed by atoms with Gasteiger partial charge in [0.2, 0.25) is 5.90 Å². The topological polar surface area (TPSA) is 94.3 Å². The Morgan fingerprint density at radius 3 is 2.73 bits per heavy atom. The Morgan fingerprint density at radius 1 is 1.12 bits per heavy atom. The summed E-state index contributed by atoms with van der Waals surface area (Å²) in [6.07, 6.45) is 5.33. The summed E-state index contributed by atoms with van der Waals surface area (Å²) in [7, 11) is 0. The number of aliphatic imine (C=N–C) groups is 1. The number of cyclic esters (lactones) is 1. The number of carbonyl (C=O) groups excluding carboxylic acids is 1. The van der Waals surface area contributed by atoms with Gasteiger partial charge in [-0.3, -0.25) is 10.1 Å². The number of morpholine rings is 1. The van der Waals surface area contributed by atoms with Gasteiger partial charge in [-0.05, 0) is 53.1 Å². The Hall–Kier alpha value is -3.56. The largest absolute Gasteiger partial charge is 0.401 e. The van der Waals surface area contributed by atoms with E-state index in [-0.39, 0.29) is 16.3 Å². The first-order chi connectivity index (χ1) is 16.1. The molecule has 0 spiro atoms. The monoisotopic (exact) mass is 463 g/mol.